The van der Waals surface area contributed by atoms with Crippen molar-refractivity contribution in [1.82, 2.24) is 0 Å². The largest absolute Gasteiger partial charge is 1.00 e. The summed E-state index contributed by atoms with van der Waals surface area (Å²) in [5.74, 6) is 0. The minimum Gasteiger partial charge on any atom is -0.725 e. The molecular formula is CH3NaO5S. The van der Waals surface area contributed by atoms with E-state index < -0.39 is 17.2 Å². The van der Waals surface area contributed by atoms with Crippen LogP contribution in [0.3, 0.4) is 0 Å². The van der Waals surface area contributed by atoms with Crippen molar-refractivity contribution >= 4 is 10.4 Å². The van der Waals surface area contributed by atoms with Crippen LogP contribution in [-0.2, 0) is 14.6 Å². The molecular weight excluding hydrogens is 147 g/mol. The van der Waals surface area contributed by atoms with Crippen LogP contribution in [0.25, 0.3) is 0 Å². The van der Waals surface area contributed by atoms with E-state index in [9.17, 15) is 13.0 Å². The minimum absolute atomic E-state index is 0. The standard InChI is InChI=1S/CH4O5S.Na/c2-1-6-7(3,4)5;/h2H,1H2,(H,3,4,5);/q;+1/p-1. The molecule has 0 aromatic rings. The summed E-state index contributed by atoms with van der Waals surface area (Å²) in [7, 11) is -4.67. The van der Waals surface area contributed by atoms with E-state index >= 15 is 0 Å². The molecule has 8 heavy (non-hydrogen) atoms. The van der Waals surface area contributed by atoms with Crippen LogP contribution in [0.4, 0.5) is 0 Å². The van der Waals surface area contributed by atoms with Crippen LogP contribution in [0.2, 0.25) is 0 Å². The summed E-state index contributed by atoms with van der Waals surface area (Å²) in [6.07, 6.45) is 0. The first-order valence-electron chi connectivity index (χ1n) is 1.27. The van der Waals surface area contributed by atoms with Crippen molar-refractivity contribution in [2.24, 2.45) is 0 Å². The normalized spacial score (nSPS) is 10.2. The van der Waals surface area contributed by atoms with E-state index in [1.54, 1.807) is 0 Å². The van der Waals surface area contributed by atoms with Crippen LogP contribution in [0.15, 0.2) is 0 Å². The summed E-state index contributed by atoms with van der Waals surface area (Å²) < 4.78 is 31.1. The molecule has 0 saturated carbocycles. The minimum atomic E-state index is -4.67. The summed E-state index contributed by atoms with van der Waals surface area (Å²) in [4.78, 5) is 0. The number of aliphatic hydroxyl groups excluding tert-OH is 1. The van der Waals surface area contributed by atoms with E-state index in [0.29, 0.717) is 0 Å². The Balaban J connectivity index is 0. The molecule has 0 aromatic carbocycles. The molecule has 7 heteroatoms. The molecule has 5 nitrogen and oxygen atoms in total. The van der Waals surface area contributed by atoms with Gasteiger partial charge in [-0.15, -0.1) is 0 Å². The van der Waals surface area contributed by atoms with Crippen molar-refractivity contribution < 1.29 is 51.8 Å². The zero-order valence-electron chi connectivity index (χ0n) is 4.20. The Labute approximate surface area is 68.9 Å². The second-order valence-corrected chi connectivity index (χ2v) is 1.71. The fourth-order valence-corrected chi connectivity index (χ4v) is 0.194. The molecule has 0 heterocycles. The quantitative estimate of drug-likeness (QED) is 0.185. The molecule has 0 unspecified atom stereocenters. The van der Waals surface area contributed by atoms with Gasteiger partial charge < -0.3 is 9.66 Å². The average Bonchev–Trinajstić information content (AvgIpc) is 1.30. The predicted octanol–water partition coefficient (Wildman–Crippen LogP) is -4.58. The second kappa shape index (κ2) is 4.68. The zero-order chi connectivity index (χ0) is 5.91. The summed E-state index contributed by atoms with van der Waals surface area (Å²) in [5, 5.41) is 7.60. The topological polar surface area (TPSA) is 86.7 Å². The Bertz CT molecular complexity index is 125. The van der Waals surface area contributed by atoms with Gasteiger partial charge in [0.1, 0.15) is 0 Å². The van der Waals surface area contributed by atoms with E-state index in [2.05, 4.69) is 4.18 Å². The molecule has 0 radical (unpaired) electrons. The third-order valence-electron chi connectivity index (χ3n) is 0.197. The van der Waals surface area contributed by atoms with Crippen molar-refractivity contribution in [1.29, 1.82) is 0 Å². The van der Waals surface area contributed by atoms with Crippen molar-refractivity contribution in [2.75, 3.05) is 6.79 Å². The first kappa shape index (κ1) is 11.6. The predicted molar refractivity (Wildman–Crippen MR) is 17.9 cm³/mol. The fourth-order valence-electron chi connectivity index (χ4n) is 0.0645. The summed E-state index contributed by atoms with van der Waals surface area (Å²) in [6, 6.07) is 0. The first-order valence-corrected chi connectivity index (χ1v) is 2.60. The monoisotopic (exact) mass is 150 g/mol. The van der Waals surface area contributed by atoms with Gasteiger partial charge in [-0.25, -0.2) is 8.42 Å². The van der Waals surface area contributed by atoms with Gasteiger partial charge >= 0.3 is 29.6 Å². The van der Waals surface area contributed by atoms with Crippen molar-refractivity contribution in [3.8, 4) is 0 Å². The zero-order valence-corrected chi connectivity index (χ0v) is 7.01. The molecule has 0 fully saturated rings. The average molecular weight is 150 g/mol. The maximum atomic E-state index is 9.29. The van der Waals surface area contributed by atoms with Crippen LogP contribution in [0.5, 0.6) is 0 Å². The van der Waals surface area contributed by atoms with Crippen LogP contribution >= 0.6 is 0 Å². The molecule has 0 aromatic heterocycles. The Morgan fingerprint density at radius 2 is 2.00 bits per heavy atom. The van der Waals surface area contributed by atoms with Gasteiger partial charge in [-0.1, -0.05) is 0 Å². The summed E-state index contributed by atoms with van der Waals surface area (Å²) in [6.45, 7) is -1.09. The molecule has 0 saturated heterocycles. The number of hydrogen-bond acceptors (Lipinski definition) is 5. The maximum Gasteiger partial charge on any atom is 1.00 e. The van der Waals surface area contributed by atoms with Gasteiger partial charge in [-0.3, -0.25) is 4.18 Å². The smallest absolute Gasteiger partial charge is 0.725 e. The van der Waals surface area contributed by atoms with Gasteiger partial charge in [-0.05, 0) is 0 Å². The third kappa shape index (κ3) is 9.95. The Morgan fingerprint density at radius 3 is 2.00 bits per heavy atom. The molecule has 0 atom stereocenters. The van der Waals surface area contributed by atoms with E-state index in [-0.39, 0.29) is 29.6 Å². The third-order valence-corrected chi connectivity index (χ3v) is 0.591. The van der Waals surface area contributed by atoms with E-state index in [4.69, 9.17) is 5.11 Å². The van der Waals surface area contributed by atoms with Crippen molar-refractivity contribution in [3.63, 3.8) is 0 Å². The summed E-state index contributed by atoms with van der Waals surface area (Å²) in [5.41, 5.74) is 0. The van der Waals surface area contributed by atoms with Gasteiger partial charge in [0.25, 0.3) is 0 Å². The number of hydrogen-bond donors (Lipinski definition) is 1. The summed E-state index contributed by atoms with van der Waals surface area (Å²) >= 11 is 0. The Morgan fingerprint density at radius 1 is 1.62 bits per heavy atom. The molecule has 1 N–H and O–H groups in total. The van der Waals surface area contributed by atoms with Gasteiger partial charge in [0.15, 0.2) is 6.79 Å². The van der Waals surface area contributed by atoms with Crippen LogP contribution in [-0.4, -0.2) is 24.9 Å². The molecule has 44 valence electrons. The molecule has 0 amide bonds. The van der Waals surface area contributed by atoms with E-state index in [1.165, 1.54) is 0 Å². The van der Waals surface area contributed by atoms with Gasteiger partial charge in [0.05, 0.1) is 0 Å². The van der Waals surface area contributed by atoms with Crippen LogP contribution < -0.4 is 29.6 Å². The molecule has 0 bridgehead atoms. The van der Waals surface area contributed by atoms with Crippen molar-refractivity contribution in [3.05, 3.63) is 0 Å². The molecule has 0 aliphatic rings. The van der Waals surface area contributed by atoms with Crippen molar-refractivity contribution in [2.45, 2.75) is 0 Å². The second-order valence-electron chi connectivity index (χ2n) is 0.655. The van der Waals surface area contributed by atoms with Gasteiger partial charge in [0.2, 0.25) is 10.4 Å². The first-order chi connectivity index (χ1) is 3.06. The van der Waals surface area contributed by atoms with Gasteiger partial charge in [-0.2, -0.15) is 0 Å². The SMILES string of the molecule is O=S(=O)([O-])OCO.[Na+]. The number of aliphatic hydroxyl groups is 1. The molecule has 0 aliphatic carbocycles. The van der Waals surface area contributed by atoms with Crippen LogP contribution in [0.1, 0.15) is 0 Å². The van der Waals surface area contributed by atoms with E-state index in [0.717, 1.165) is 0 Å². The molecule has 0 rings (SSSR count). The van der Waals surface area contributed by atoms with Crippen LogP contribution in [0, 0.1) is 0 Å². The molecule has 0 spiro atoms. The Hall–Kier alpha value is 0.830. The van der Waals surface area contributed by atoms with E-state index in [1.807, 2.05) is 0 Å². The Kier molecular flexibility index (Phi) is 6.80. The fraction of sp³-hybridized carbons (Fsp3) is 1.00. The van der Waals surface area contributed by atoms with Gasteiger partial charge in [0, 0.05) is 0 Å². The number of rotatable bonds is 2. The molecule has 0 aliphatic heterocycles. The maximum absolute atomic E-state index is 9.29.